The van der Waals surface area contributed by atoms with Crippen LogP contribution in [0.5, 0.6) is 0 Å². The van der Waals surface area contributed by atoms with E-state index in [1.54, 1.807) is 35.2 Å². The van der Waals surface area contributed by atoms with Crippen LogP contribution in [0.25, 0.3) is 22.7 Å². The van der Waals surface area contributed by atoms with E-state index >= 15 is 0 Å². The van der Waals surface area contributed by atoms with Crippen LogP contribution in [0.4, 0.5) is 5.82 Å². The highest BCUT2D eigenvalue weighted by Crippen LogP contribution is 2.36. The van der Waals surface area contributed by atoms with Gasteiger partial charge in [0.15, 0.2) is 10.8 Å². The summed E-state index contributed by atoms with van der Waals surface area (Å²) in [7, 11) is 1.82. The number of amides is 1. The highest BCUT2D eigenvalue weighted by atomic mass is 35.5. The summed E-state index contributed by atoms with van der Waals surface area (Å²) in [6, 6.07) is 20.7. The van der Waals surface area contributed by atoms with Crippen LogP contribution in [0.1, 0.15) is 16.7 Å². The van der Waals surface area contributed by atoms with E-state index in [4.69, 9.17) is 39.7 Å². The number of alkyl halides is 1. The Morgan fingerprint density at radius 1 is 1.17 bits per heavy atom. The van der Waals surface area contributed by atoms with E-state index in [0.29, 0.717) is 34.1 Å². The Morgan fingerprint density at radius 2 is 1.98 bits per heavy atom. The fourth-order valence-corrected chi connectivity index (χ4v) is 5.72. The molecule has 1 unspecified atom stereocenters. The number of aromatic nitrogens is 6. The van der Waals surface area contributed by atoms with Crippen LogP contribution in [0.15, 0.2) is 83.6 Å². The molecule has 3 atom stereocenters. The van der Waals surface area contributed by atoms with Crippen LogP contribution in [0.2, 0.25) is 5.02 Å². The quantitative estimate of drug-likeness (QED) is 0.139. The van der Waals surface area contributed by atoms with Crippen molar-refractivity contribution in [2.24, 2.45) is 23.7 Å². The standard InChI is InChI=1S/C29H26Cl2N10O/c1-40-25-14-19(7-9-21(25)26(32)37-40)29(31)15-34-28(36-29)23(11-17-5-3-2-4-6-17)22(27(33)42)13-18-12-20(30)8-10-24(18)41-16-35-38-39-41/h2-10,12-16,23,28,36H,11H2,1H3,(H2,32,37)(H2,33,42)/t23-,28-,29?/m0/s1. The van der Waals surface area contributed by atoms with Gasteiger partial charge >= 0.3 is 0 Å². The number of tetrazole rings is 1. The molecule has 2 aromatic heterocycles. The molecule has 0 spiro atoms. The predicted molar refractivity (Wildman–Crippen MR) is 163 cm³/mol. The zero-order valence-corrected chi connectivity index (χ0v) is 23.9. The predicted octanol–water partition coefficient (Wildman–Crippen LogP) is 3.60. The Bertz CT molecular complexity index is 1830. The average molecular weight is 602 g/mol. The van der Waals surface area contributed by atoms with E-state index < -0.39 is 23.0 Å². The molecule has 1 aliphatic heterocycles. The number of nitrogens with two attached hydrogens (primary N) is 2. The molecule has 5 N–H and O–H groups in total. The SMILES string of the molecule is Cn1nc(N)c2ccc(C3(Cl)C=N[C@H]([C@@H](Cc4ccccc4)C(=Cc4cc(Cl)ccc4-n4cnnn4)C(N)=O)N3)cc21. The van der Waals surface area contributed by atoms with Gasteiger partial charge in [-0.15, -0.1) is 5.10 Å². The number of anilines is 1. The van der Waals surface area contributed by atoms with Gasteiger partial charge in [0.25, 0.3) is 0 Å². The van der Waals surface area contributed by atoms with Crippen molar-refractivity contribution < 1.29 is 4.79 Å². The van der Waals surface area contributed by atoms with Crippen LogP contribution in [0.3, 0.4) is 0 Å². The summed E-state index contributed by atoms with van der Waals surface area (Å²) in [5, 5.41) is 20.5. The van der Waals surface area contributed by atoms with Crippen molar-refractivity contribution >= 4 is 58.1 Å². The van der Waals surface area contributed by atoms with Crippen molar-refractivity contribution in [3.8, 4) is 5.69 Å². The van der Waals surface area contributed by atoms with Gasteiger partial charge in [0, 0.05) is 40.7 Å². The summed E-state index contributed by atoms with van der Waals surface area (Å²) >= 11 is 13.5. The molecule has 3 heterocycles. The second-order valence-corrected chi connectivity index (χ2v) is 11.1. The van der Waals surface area contributed by atoms with E-state index in [2.05, 4.69) is 25.9 Å². The maximum Gasteiger partial charge on any atom is 0.245 e. The number of nitrogens with one attached hydrogen (secondary N) is 1. The molecule has 0 saturated carbocycles. The zero-order chi connectivity index (χ0) is 29.4. The lowest BCUT2D eigenvalue weighted by molar-refractivity contribution is -0.115. The van der Waals surface area contributed by atoms with Crippen LogP contribution in [0, 0.1) is 5.92 Å². The van der Waals surface area contributed by atoms with Gasteiger partial charge < -0.3 is 11.5 Å². The number of benzene rings is 3. The smallest absolute Gasteiger partial charge is 0.245 e. The molecular weight excluding hydrogens is 575 g/mol. The fraction of sp³-hybridized carbons (Fsp3) is 0.172. The molecule has 13 heteroatoms. The molecule has 1 amide bonds. The van der Waals surface area contributed by atoms with Crippen molar-refractivity contribution in [2.45, 2.75) is 17.6 Å². The molecule has 212 valence electrons. The van der Waals surface area contributed by atoms with Crippen molar-refractivity contribution in [3.63, 3.8) is 0 Å². The van der Waals surface area contributed by atoms with Gasteiger partial charge in [-0.1, -0.05) is 59.6 Å². The van der Waals surface area contributed by atoms with Crippen molar-refractivity contribution in [1.29, 1.82) is 0 Å². The molecule has 6 rings (SSSR count). The van der Waals surface area contributed by atoms with Crippen molar-refractivity contribution in [1.82, 2.24) is 35.3 Å². The maximum absolute atomic E-state index is 13.1. The molecular formula is C29H26Cl2N10O. The molecule has 0 aliphatic carbocycles. The summed E-state index contributed by atoms with van der Waals surface area (Å²) < 4.78 is 3.20. The van der Waals surface area contributed by atoms with Gasteiger partial charge in [-0.3, -0.25) is 19.8 Å². The van der Waals surface area contributed by atoms with Crippen LogP contribution >= 0.6 is 23.2 Å². The largest absolute Gasteiger partial charge is 0.382 e. The van der Waals surface area contributed by atoms with Crippen molar-refractivity contribution in [2.75, 3.05) is 5.73 Å². The maximum atomic E-state index is 13.1. The summed E-state index contributed by atoms with van der Waals surface area (Å²) in [6.07, 6.45) is 4.69. The number of aliphatic imine (C=N–C) groups is 1. The Kier molecular flexibility index (Phi) is 7.23. The number of fused-ring (bicyclic) bond motifs is 1. The van der Waals surface area contributed by atoms with Crippen LogP contribution in [-0.4, -0.2) is 48.3 Å². The summed E-state index contributed by atoms with van der Waals surface area (Å²) in [5.41, 5.74) is 16.3. The highest BCUT2D eigenvalue weighted by Gasteiger charge is 2.40. The van der Waals surface area contributed by atoms with E-state index in [9.17, 15) is 4.79 Å². The summed E-state index contributed by atoms with van der Waals surface area (Å²) in [4.78, 5) is 16.8. The minimum Gasteiger partial charge on any atom is -0.382 e. The van der Waals surface area contributed by atoms with E-state index in [1.165, 1.54) is 11.0 Å². The fourth-order valence-electron chi connectivity index (χ4n) is 5.26. The topological polar surface area (TPSA) is 155 Å². The number of rotatable bonds is 8. The molecule has 5 aromatic rings. The van der Waals surface area contributed by atoms with Gasteiger partial charge in [0.05, 0.1) is 11.2 Å². The number of hydrogen-bond acceptors (Lipinski definition) is 8. The normalized spacial score (nSPS) is 19.4. The van der Waals surface area contributed by atoms with Gasteiger partial charge in [-0.2, -0.15) is 9.78 Å². The van der Waals surface area contributed by atoms with E-state index in [-0.39, 0.29) is 0 Å². The second kappa shape index (κ2) is 11.0. The van der Waals surface area contributed by atoms with Crippen molar-refractivity contribution in [3.05, 3.63) is 100 Å². The number of nitrogens with zero attached hydrogens (tertiary/aromatic N) is 7. The monoisotopic (exact) mass is 600 g/mol. The number of hydrogen-bond donors (Lipinski definition) is 3. The second-order valence-electron chi connectivity index (χ2n) is 10.0. The van der Waals surface area contributed by atoms with Gasteiger partial charge in [0.2, 0.25) is 5.91 Å². The third kappa shape index (κ3) is 5.25. The Morgan fingerprint density at radius 3 is 2.71 bits per heavy atom. The first-order chi connectivity index (χ1) is 20.2. The third-order valence-corrected chi connectivity index (χ3v) is 7.99. The lowest BCUT2D eigenvalue weighted by Crippen LogP contribution is -2.44. The first-order valence-corrected chi connectivity index (χ1v) is 13.8. The number of primary amides is 1. The minimum absolute atomic E-state index is 0.334. The Hall–Kier alpha value is -4.58. The molecule has 3 aromatic carbocycles. The molecule has 0 bridgehead atoms. The number of nitrogen functional groups attached to an aromatic ring is 1. The number of aryl methyl sites for hydroxylation is 1. The van der Waals surface area contributed by atoms with E-state index in [1.807, 2.05) is 55.6 Å². The number of carbonyl (C=O) groups excluding carboxylic acids is 1. The van der Waals surface area contributed by atoms with Crippen LogP contribution in [-0.2, 0) is 23.3 Å². The molecule has 1 aliphatic rings. The molecule has 0 saturated heterocycles. The third-order valence-electron chi connectivity index (χ3n) is 7.33. The van der Waals surface area contributed by atoms with E-state index in [0.717, 1.165) is 22.0 Å². The summed E-state index contributed by atoms with van der Waals surface area (Å²) in [5.74, 6) is -0.664. The highest BCUT2D eigenvalue weighted by molar-refractivity contribution is 6.32. The summed E-state index contributed by atoms with van der Waals surface area (Å²) in [6.45, 7) is 0. The first kappa shape index (κ1) is 27.6. The van der Waals surface area contributed by atoms with Gasteiger partial charge in [0.1, 0.15) is 12.5 Å². The van der Waals surface area contributed by atoms with Gasteiger partial charge in [-0.05, 0) is 64.4 Å². The lowest BCUT2D eigenvalue weighted by atomic mass is 9.87. The van der Waals surface area contributed by atoms with Gasteiger partial charge in [-0.25, -0.2) is 0 Å². The molecule has 0 radical (unpaired) electrons. The molecule has 0 fully saturated rings. The average Bonchev–Trinajstić information content (AvgIpc) is 3.72. The number of halogens is 2. The Labute approximate surface area is 250 Å². The lowest BCUT2D eigenvalue weighted by Gasteiger charge is -2.28. The minimum atomic E-state index is -1.15. The molecule has 42 heavy (non-hydrogen) atoms. The molecule has 11 nitrogen and oxygen atoms in total. The Balaban J connectivity index is 1.41. The van der Waals surface area contributed by atoms with Crippen LogP contribution < -0.4 is 16.8 Å². The number of carbonyl (C=O) groups is 1. The zero-order valence-electron chi connectivity index (χ0n) is 22.4. The first-order valence-electron chi connectivity index (χ1n) is 13.0.